The van der Waals surface area contributed by atoms with Crippen LogP contribution < -0.4 is 0 Å². The molecule has 1 fully saturated rings. The topological polar surface area (TPSA) is 52.6 Å². The van der Waals surface area contributed by atoms with E-state index < -0.39 is 17.4 Å². The summed E-state index contributed by atoms with van der Waals surface area (Å²) in [5, 5.41) is 0. The Morgan fingerprint density at radius 2 is 1.54 bits per heavy atom. The first-order chi connectivity index (χ1) is 12.4. The molecule has 2 aliphatic carbocycles. The molecule has 2 aliphatic rings. The van der Waals surface area contributed by atoms with Crippen LogP contribution in [0.3, 0.4) is 0 Å². The number of esters is 2. The molecule has 3 rings (SSSR count). The summed E-state index contributed by atoms with van der Waals surface area (Å²) in [5.41, 5.74) is 3.06. The first-order valence-electron chi connectivity index (χ1n) is 9.21. The Balaban J connectivity index is 2.09. The fourth-order valence-electron chi connectivity index (χ4n) is 4.25. The minimum atomic E-state index is -1.26. The summed E-state index contributed by atoms with van der Waals surface area (Å²) >= 11 is 0. The lowest BCUT2D eigenvalue weighted by molar-refractivity contribution is -0.171. The van der Waals surface area contributed by atoms with Crippen molar-refractivity contribution in [1.29, 1.82) is 0 Å². The number of fused-ring (bicyclic) bond motifs is 1. The van der Waals surface area contributed by atoms with Crippen molar-refractivity contribution in [3.8, 4) is 0 Å². The van der Waals surface area contributed by atoms with Crippen LogP contribution in [0.4, 0.5) is 0 Å². The van der Waals surface area contributed by atoms with Gasteiger partial charge in [0.1, 0.15) is 0 Å². The molecule has 0 radical (unpaired) electrons. The third kappa shape index (κ3) is 2.87. The van der Waals surface area contributed by atoms with Gasteiger partial charge in [0.05, 0.1) is 13.2 Å². The predicted octanol–water partition coefficient (Wildman–Crippen LogP) is 4.31. The maximum absolute atomic E-state index is 12.7. The lowest BCUT2D eigenvalue weighted by Crippen LogP contribution is -2.40. The van der Waals surface area contributed by atoms with Crippen molar-refractivity contribution >= 4 is 17.5 Å². The molecule has 1 saturated carbocycles. The number of hydrogen-bond donors (Lipinski definition) is 0. The van der Waals surface area contributed by atoms with Crippen LogP contribution in [0.1, 0.15) is 46.1 Å². The van der Waals surface area contributed by atoms with Gasteiger partial charge in [-0.25, -0.2) is 0 Å². The average molecular weight is 354 g/mol. The summed E-state index contributed by atoms with van der Waals surface area (Å²) in [6.07, 6.45) is 2.87. The zero-order chi connectivity index (χ0) is 18.9. The van der Waals surface area contributed by atoms with Gasteiger partial charge in [0.15, 0.2) is 5.41 Å². The molecule has 0 saturated heterocycles. The number of rotatable bonds is 5. The molecule has 0 heterocycles. The van der Waals surface area contributed by atoms with Gasteiger partial charge >= 0.3 is 11.9 Å². The van der Waals surface area contributed by atoms with E-state index in [4.69, 9.17) is 9.47 Å². The van der Waals surface area contributed by atoms with Gasteiger partial charge in [-0.3, -0.25) is 9.59 Å². The lowest BCUT2D eigenvalue weighted by atomic mass is 9.78. The minimum Gasteiger partial charge on any atom is -0.465 e. The first-order valence-corrected chi connectivity index (χ1v) is 9.21. The van der Waals surface area contributed by atoms with Gasteiger partial charge in [-0.2, -0.15) is 0 Å². The molecule has 0 unspecified atom stereocenters. The Morgan fingerprint density at radius 3 is 2.08 bits per heavy atom. The van der Waals surface area contributed by atoms with E-state index in [9.17, 15) is 9.59 Å². The van der Waals surface area contributed by atoms with Crippen molar-refractivity contribution in [2.45, 2.75) is 40.5 Å². The van der Waals surface area contributed by atoms with Crippen molar-refractivity contribution in [2.24, 2.45) is 10.8 Å². The SMILES string of the molecule is CCOC(=O)C1(C(=O)OCC)CC2=CC(C)(C)C(c3ccccc3)=C2C1. The Bertz CT molecular complexity index is 766. The second kappa shape index (κ2) is 6.75. The van der Waals surface area contributed by atoms with E-state index >= 15 is 0 Å². The molecule has 138 valence electrons. The maximum Gasteiger partial charge on any atom is 0.324 e. The zero-order valence-electron chi connectivity index (χ0n) is 15.9. The highest BCUT2D eigenvalue weighted by Crippen LogP contribution is 2.57. The molecule has 0 atom stereocenters. The molecule has 1 aromatic carbocycles. The second-order valence-corrected chi connectivity index (χ2v) is 7.49. The summed E-state index contributed by atoms with van der Waals surface area (Å²) in [6.45, 7) is 8.34. The van der Waals surface area contributed by atoms with Crippen LogP contribution in [-0.4, -0.2) is 25.2 Å². The monoisotopic (exact) mass is 354 g/mol. The summed E-state index contributed by atoms with van der Waals surface area (Å²) in [4.78, 5) is 25.5. The van der Waals surface area contributed by atoms with Crippen LogP contribution in [0.15, 0.2) is 47.6 Å². The Morgan fingerprint density at radius 1 is 0.962 bits per heavy atom. The molecular weight excluding hydrogens is 328 g/mol. The summed E-state index contributed by atoms with van der Waals surface area (Å²) in [5.74, 6) is -0.960. The normalized spacial score (nSPS) is 19.8. The lowest BCUT2D eigenvalue weighted by Gasteiger charge is -2.27. The summed E-state index contributed by atoms with van der Waals surface area (Å²) in [6, 6.07) is 10.2. The zero-order valence-corrected chi connectivity index (χ0v) is 15.9. The van der Waals surface area contributed by atoms with E-state index in [0.29, 0.717) is 12.8 Å². The van der Waals surface area contributed by atoms with Gasteiger partial charge in [0, 0.05) is 11.8 Å². The van der Waals surface area contributed by atoms with Crippen molar-refractivity contribution < 1.29 is 19.1 Å². The van der Waals surface area contributed by atoms with Gasteiger partial charge in [-0.05, 0) is 42.6 Å². The first kappa shape index (κ1) is 18.4. The fraction of sp³-hybridized carbons (Fsp3) is 0.455. The number of carbonyl (C=O) groups excluding carboxylic acids is 2. The van der Waals surface area contributed by atoms with Crippen LogP contribution >= 0.6 is 0 Å². The van der Waals surface area contributed by atoms with E-state index in [-0.39, 0.29) is 18.6 Å². The fourth-order valence-corrected chi connectivity index (χ4v) is 4.25. The number of hydrogen-bond acceptors (Lipinski definition) is 4. The molecule has 0 bridgehead atoms. The van der Waals surface area contributed by atoms with Crippen LogP contribution in [0.5, 0.6) is 0 Å². The van der Waals surface area contributed by atoms with E-state index in [2.05, 4.69) is 32.1 Å². The predicted molar refractivity (Wildman–Crippen MR) is 100 cm³/mol. The average Bonchev–Trinajstić information content (AvgIpc) is 3.06. The molecule has 4 heteroatoms. The highest BCUT2D eigenvalue weighted by Gasteiger charge is 2.56. The highest BCUT2D eigenvalue weighted by atomic mass is 16.6. The van der Waals surface area contributed by atoms with Crippen molar-refractivity contribution in [3.63, 3.8) is 0 Å². The van der Waals surface area contributed by atoms with Crippen LogP contribution in [0.2, 0.25) is 0 Å². The van der Waals surface area contributed by atoms with Gasteiger partial charge < -0.3 is 9.47 Å². The smallest absolute Gasteiger partial charge is 0.324 e. The molecule has 0 aromatic heterocycles. The van der Waals surface area contributed by atoms with Crippen molar-refractivity contribution in [2.75, 3.05) is 13.2 Å². The molecule has 0 spiro atoms. The van der Waals surface area contributed by atoms with Gasteiger partial charge in [0.25, 0.3) is 0 Å². The number of benzene rings is 1. The highest BCUT2D eigenvalue weighted by molar-refractivity contribution is 6.03. The number of ether oxygens (including phenoxy) is 2. The Labute approximate surface area is 154 Å². The van der Waals surface area contributed by atoms with E-state index in [1.54, 1.807) is 13.8 Å². The third-order valence-electron chi connectivity index (χ3n) is 5.23. The second-order valence-electron chi connectivity index (χ2n) is 7.49. The third-order valence-corrected chi connectivity index (χ3v) is 5.23. The van der Waals surface area contributed by atoms with Gasteiger partial charge in [-0.15, -0.1) is 0 Å². The van der Waals surface area contributed by atoms with Crippen LogP contribution in [0.25, 0.3) is 5.57 Å². The molecule has 0 N–H and O–H groups in total. The minimum absolute atomic E-state index is 0.137. The molecule has 4 nitrogen and oxygen atoms in total. The van der Waals surface area contributed by atoms with E-state index in [1.165, 1.54) is 5.57 Å². The summed E-state index contributed by atoms with van der Waals surface area (Å²) in [7, 11) is 0. The molecule has 1 aromatic rings. The summed E-state index contributed by atoms with van der Waals surface area (Å²) < 4.78 is 10.5. The molecule has 26 heavy (non-hydrogen) atoms. The van der Waals surface area contributed by atoms with E-state index in [1.807, 2.05) is 18.2 Å². The van der Waals surface area contributed by atoms with Gasteiger partial charge in [-0.1, -0.05) is 50.3 Å². The number of allylic oxidation sites excluding steroid dienone is 4. The Kier molecular flexibility index (Phi) is 4.78. The van der Waals surface area contributed by atoms with Crippen LogP contribution in [-0.2, 0) is 19.1 Å². The Hall–Kier alpha value is -2.36. The van der Waals surface area contributed by atoms with Gasteiger partial charge in [0.2, 0.25) is 0 Å². The standard InChI is InChI=1S/C22H26O4/c1-5-25-19(23)22(20(24)26-6-2)13-16-12-21(3,4)18(17(16)14-22)15-10-8-7-9-11-15/h7-12H,5-6,13-14H2,1-4H3. The molecule has 0 aliphatic heterocycles. The van der Waals surface area contributed by atoms with Crippen molar-refractivity contribution in [1.82, 2.24) is 0 Å². The molecule has 0 amide bonds. The quantitative estimate of drug-likeness (QED) is 0.584. The van der Waals surface area contributed by atoms with Crippen LogP contribution in [0, 0.1) is 10.8 Å². The van der Waals surface area contributed by atoms with E-state index in [0.717, 1.165) is 16.7 Å². The largest absolute Gasteiger partial charge is 0.465 e. The molecular formula is C22H26O4. The van der Waals surface area contributed by atoms with Crippen molar-refractivity contribution in [3.05, 3.63) is 53.1 Å². The number of carbonyl (C=O) groups is 2. The maximum atomic E-state index is 12.7.